The van der Waals surface area contributed by atoms with Crippen LogP contribution < -0.4 is 5.73 Å². The smallest absolute Gasteiger partial charge is 0.224 e. The number of rotatable bonds is 3. The van der Waals surface area contributed by atoms with Gasteiger partial charge in [0, 0.05) is 31.1 Å². The van der Waals surface area contributed by atoms with Gasteiger partial charge >= 0.3 is 0 Å². The zero-order valence-corrected chi connectivity index (χ0v) is 12.5. The standard InChI is InChI=1S/C11H17N3OS.2ClH/c12-5-4-10(15)14-7-2-1-3-9(14)11-13-6-8-16-11;;/h6,8-9H,1-5,7,12H2;2*1H. The van der Waals surface area contributed by atoms with Crippen molar-refractivity contribution in [3.63, 3.8) is 0 Å². The summed E-state index contributed by atoms with van der Waals surface area (Å²) >= 11 is 1.63. The molecule has 18 heavy (non-hydrogen) atoms. The summed E-state index contributed by atoms with van der Waals surface area (Å²) < 4.78 is 0. The molecule has 0 aromatic carbocycles. The van der Waals surface area contributed by atoms with E-state index in [4.69, 9.17) is 5.73 Å². The summed E-state index contributed by atoms with van der Waals surface area (Å²) in [6.07, 6.45) is 5.56. The zero-order valence-electron chi connectivity index (χ0n) is 10.1. The fraction of sp³-hybridized carbons (Fsp3) is 0.636. The molecule has 2 heterocycles. The van der Waals surface area contributed by atoms with E-state index >= 15 is 0 Å². The number of nitrogens with zero attached hydrogens (tertiary/aromatic N) is 2. The quantitative estimate of drug-likeness (QED) is 0.932. The van der Waals surface area contributed by atoms with Crippen LogP contribution in [0.15, 0.2) is 11.6 Å². The molecule has 0 radical (unpaired) electrons. The minimum atomic E-state index is 0. The van der Waals surface area contributed by atoms with Crippen molar-refractivity contribution in [2.24, 2.45) is 5.73 Å². The average Bonchev–Trinajstić information content (AvgIpc) is 2.83. The van der Waals surface area contributed by atoms with Gasteiger partial charge in [0.1, 0.15) is 5.01 Å². The summed E-state index contributed by atoms with van der Waals surface area (Å²) in [5.74, 6) is 0.169. The van der Waals surface area contributed by atoms with Crippen LogP contribution in [0.3, 0.4) is 0 Å². The van der Waals surface area contributed by atoms with Crippen LogP contribution in [0, 0.1) is 0 Å². The lowest BCUT2D eigenvalue weighted by atomic mass is 10.0. The zero-order chi connectivity index (χ0) is 11.4. The first-order valence-corrected chi connectivity index (χ1v) is 6.60. The number of thiazole rings is 1. The maximum absolute atomic E-state index is 11.9. The summed E-state index contributed by atoms with van der Waals surface area (Å²) in [5, 5.41) is 3.03. The van der Waals surface area contributed by atoms with Gasteiger partial charge in [0.05, 0.1) is 6.04 Å². The molecule has 1 unspecified atom stereocenters. The van der Waals surface area contributed by atoms with Gasteiger partial charge in [-0.15, -0.1) is 36.2 Å². The van der Waals surface area contributed by atoms with E-state index in [9.17, 15) is 4.79 Å². The van der Waals surface area contributed by atoms with Crippen molar-refractivity contribution in [2.75, 3.05) is 13.1 Å². The Labute approximate surface area is 124 Å². The first-order valence-electron chi connectivity index (χ1n) is 5.72. The van der Waals surface area contributed by atoms with E-state index in [1.807, 2.05) is 10.3 Å². The van der Waals surface area contributed by atoms with Gasteiger partial charge in [0.2, 0.25) is 5.91 Å². The summed E-state index contributed by atoms with van der Waals surface area (Å²) in [6, 6.07) is 0.188. The molecule has 1 atom stereocenters. The average molecular weight is 312 g/mol. The van der Waals surface area contributed by atoms with Crippen LogP contribution >= 0.6 is 36.2 Å². The van der Waals surface area contributed by atoms with E-state index < -0.39 is 0 Å². The van der Waals surface area contributed by atoms with Gasteiger partial charge in [-0.05, 0) is 19.3 Å². The highest BCUT2D eigenvalue weighted by molar-refractivity contribution is 7.09. The molecule has 0 spiro atoms. The molecule has 104 valence electrons. The molecular formula is C11H19Cl2N3OS. The molecule has 1 fully saturated rings. The van der Waals surface area contributed by atoms with Crippen molar-refractivity contribution in [1.82, 2.24) is 9.88 Å². The van der Waals surface area contributed by atoms with Crippen LogP contribution in [0.2, 0.25) is 0 Å². The number of halogens is 2. The lowest BCUT2D eigenvalue weighted by molar-refractivity contribution is -0.134. The Morgan fingerprint density at radius 3 is 2.89 bits per heavy atom. The summed E-state index contributed by atoms with van der Waals surface area (Å²) in [7, 11) is 0. The van der Waals surface area contributed by atoms with Gasteiger partial charge in [-0.25, -0.2) is 4.98 Å². The van der Waals surface area contributed by atoms with Crippen LogP contribution in [0.1, 0.15) is 36.7 Å². The van der Waals surface area contributed by atoms with Gasteiger partial charge in [0.15, 0.2) is 0 Å². The molecule has 1 aromatic rings. The van der Waals surface area contributed by atoms with E-state index in [1.54, 1.807) is 17.5 Å². The van der Waals surface area contributed by atoms with E-state index in [1.165, 1.54) is 6.42 Å². The molecule has 7 heteroatoms. The van der Waals surface area contributed by atoms with Crippen molar-refractivity contribution in [1.29, 1.82) is 0 Å². The molecule has 1 aromatic heterocycles. The summed E-state index contributed by atoms with van der Waals surface area (Å²) in [4.78, 5) is 18.2. The molecule has 2 rings (SSSR count). The highest BCUT2D eigenvalue weighted by atomic mass is 35.5. The number of likely N-dealkylation sites (tertiary alicyclic amines) is 1. The van der Waals surface area contributed by atoms with Gasteiger partial charge in [-0.2, -0.15) is 0 Å². The second-order valence-corrected chi connectivity index (χ2v) is 4.93. The molecule has 4 nitrogen and oxygen atoms in total. The molecule has 2 N–H and O–H groups in total. The maximum atomic E-state index is 11.9. The molecule has 0 bridgehead atoms. The number of hydrogen-bond acceptors (Lipinski definition) is 4. The molecule has 1 aliphatic rings. The Bertz CT molecular complexity index is 348. The normalized spacial score (nSPS) is 18.7. The van der Waals surface area contributed by atoms with Crippen molar-refractivity contribution in [3.8, 4) is 0 Å². The predicted molar refractivity (Wildman–Crippen MR) is 78.6 cm³/mol. The first-order chi connectivity index (χ1) is 7.83. The van der Waals surface area contributed by atoms with Crippen LogP contribution in [-0.4, -0.2) is 28.9 Å². The summed E-state index contributed by atoms with van der Waals surface area (Å²) in [6.45, 7) is 1.28. The lowest BCUT2D eigenvalue weighted by Gasteiger charge is -2.34. The van der Waals surface area contributed by atoms with Gasteiger partial charge in [-0.3, -0.25) is 4.79 Å². The predicted octanol–water partition coefficient (Wildman–Crippen LogP) is 2.39. The first kappa shape index (κ1) is 17.6. The number of hydrogen-bond donors (Lipinski definition) is 1. The number of carbonyl (C=O) groups is 1. The topological polar surface area (TPSA) is 59.2 Å². The minimum Gasteiger partial charge on any atom is -0.333 e. The van der Waals surface area contributed by atoms with Crippen LogP contribution in [-0.2, 0) is 4.79 Å². The van der Waals surface area contributed by atoms with Crippen molar-refractivity contribution < 1.29 is 4.79 Å². The fourth-order valence-electron chi connectivity index (χ4n) is 2.15. The number of carbonyl (C=O) groups excluding carboxylic acids is 1. The van der Waals surface area contributed by atoms with E-state index in [2.05, 4.69) is 4.98 Å². The molecule has 0 aliphatic carbocycles. The van der Waals surface area contributed by atoms with Gasteiger partial charge < -0.3 is 10.6 Å². The van der Waals surface area contributed by atoms with Crippen molar-refractivity contribution >= 4 is 42.1 Å². The van der Waals surface area contributed by atoms with Gasteiger partial charge in [-0.1, -0.05) is 0 Å². The monoisotopic (exact) mass is 311 g/mol. The molecule has 1 saturated heterocycles. The summed E-state index contributed by atoms with van der Waals surface area (Å²) in [5.41, 5.74) is 5.44. The third kappa shape index (κ3) is 4.09. The molecule has 1 aliphatic heterocycles. The lowest BCUT2D eigenvalue weighted by Crippen LogP contribution is -2.39. The molecular weight excluding hydrogens is 293 g/mol. The third-order valence-corrected chi connectivity index (χ3v) is 3.79. The van der Waals surface area contributed by atoms with Crippen LogP contribution in [0.4, 0.5) is 0 Å². The third-order valence-electron chi connectivity index (χ3n) is 2.92. The Morgan fingerprint density at radius 2 is 2.28 bits per heavy atom. The van der Waals surface area contributed by atoms with E-state index in [0.29, 0.717) is 13.0 Å². The second-order valence-electron chi connectivity index (χ2n) is 4.01. The number of piperidine rings is 1. The highest BCUT2D eigenvalue weighted by Gasteiger charge is 2.28. The highest BCUT2D eigenvalue weighted by Crippen LogP contribution is 2.32. The van der Waals surface area contributed by atoms with Crippen LogP contribution in [0.25, 0.3) is 0 Å². The number of aromatic nitrogens is 1. The van der Waals surface area contributed by atoms with Crippen molar-refractivity contribution in [2.45, 2.75) is 31.7 Å². The Balaban J connectivity index is 0.00000144. The minimum absolute atomic E-state index is 0. The van der Waals surface area contributed by atoms with Crippen LogP contribution in [0.5, 0.6) is 0 Å². The number of nitrogens with two attached hydrogens (primary N) is 1. The SMILES string of the molecule is Cl.Cl.NCCC(=O)N1CCCCC1c1nccs1. The molecule has 0 saturated carbocycles. The maximum Gasteiger partial charge on any atom is 0.224 e. The Kier molecular flexibility index (Phi) is 8.52. The largest absolute Gasteiger partial charge is 0.333 e. The Morgan fingerprint density at radius 1 is 1.50 bits per heavy atom. The van der Waals surface area contributed by atoms with E-state index in [-0.39, 0.29) is 36.8 Å². The number of amides is 1. The second kappa shape index (κ2) is 8.69. The van der Waals surface area contributed by atoms with Crippen molar-refractivity contribution in [3.05, 3.63) is 16.6 Å². The fourth-order valence-corrected chi connectivity index (χ4v) is 2.94. The molecule has 1 amide bonds. The Hall–Kier alpha value is -0.360. The van der Waals surface area contributed by atoms with Gasteiger partial charge in [0.25, 0.3) is 0 Å². The van der Waals surface area contributed by atoms with E-state index in [0.717, 1.165) is 24.4 Å².